The van der Waals surface area contributed by atoms with Gasteiger partial charge >= 0.3 is 0 Å². The topological polar surface area (TPSA) is 87.2 Å². The van der Waals surface area contributed by atoms with Crippen molar-refractivity contribution in [2.75, 3.05) is 25.5 Å². The molecule has 2 N–H and O–H groups in total. The summed E-state index contributed by atoms with van der Waals surface area (Å²) in [5, 5.41) is 6.37. The summed E-state index contributed by atoms with van der Waals surface area (Å²) in [5.74, 6) is -1.79. The van der Waals surface area contributed by atoms with E-state index < -0.39 is 11.6 Å². The van der Waals surface area contributed by atoms with Gasteiger partial charge < -0.3 is 15.5 Å². The molecule has 0 aliphatic carbocycles. The average Bonchev–Trinajstić information content (AvgIpc) is 2.89. The van der Waals surface area contributed by atoms with E-state index in [1.807, 2.05) is 12.1 Å². The second-order valence-corrected chi connectivity index (χ2v) is 9.02. The standard InChI is InChI=1S/C26H26ClF2N5O2/c1-30-26-32-15-20(25(36)31-14-16-4-2-5-18(27)12-16)24(33-26)17-8-10-34(11-9-17)23(35)13-19-21(28)6-3-7-22(19)29/h2-7,12,15,17H,8-11,13-14H2,1H3,(H,31,36)(H,30,32,33). The van der Waals surface area contributed by atoms with Crippen molar-refractivity contribution in [3.8, 4) is 0 Å². The molecular weight excluding hydrogens is 488 g/mol. The Morgan fingerprint density at radius 3 is 2.47 bits per heavy atom. The Morgan fingerprint density at radius 1 is 1.11 bits per heavy atom. The van der Waals surface area contributed by atoms with Gasteiger partial charge in [0.1, 0.15) is 11.6 Å². The lowest BCUT2D eigenvalue weighted by Gasteiger charge is -2.32. The van der Waals surface area contributed by atoms with Crippen LogP contribution in [0.2, 0.25) is 5.02 Å². The lowest BCUT2D eigenvalue weighted by atomic mass is 9.90. The Morgan fingerprint density at radius 2 is 1.81 bits per heavy atom. The predicted octanol–water partition coefficient (Wildman–Crippen LogP) is 4.33. The fraction of sp³-hybridized carbons (Fsp3) is 0.308. The summed E-state index contributed by atoms with van der Waals surface area (Å²) in [6.45, 7) is 1.08. The molecule has 7 nitrogen and oxygen atoms in total. The van der Waals surface area contributed by atoms with Crippen LogP contribution in [-0.4, -0.2) is 46.8 Å². The fourth-order valence-electron chi connectivity index (χ4n) is 4.29. The van der Waals surface area contributed by atoms with Crippen molar-refractivity contribution in [1.82, 2.24) is 20.2 Å². The van der Waals surface area contributed by atoms with Gasteiger partial charge in [0.2, 0.25) is 11.9 Å². The molecule has 0 radical (unpaired) electrons. The number of hydrogen-bond donors (Lipinski definition) is 2. The van der Waals surface area contributed by atoms with E-state index in [0.717, 1.165) is 17.7 Å². The van der Waals surface area contributed by atoms with Crippen molar-refractivity contribution in [2.45, 2.75) is 31.7 Å². The second kappa shape index (κ2) is 11.4. The smallest absolute Gasteiger partial charge is 0.254 e. The zero-order chi connectivity index (χ0) is 25.7. The van der Waals surface area contributed by atoms with Crippen LogP contribution >= 0.6 is 11.6 Å². The number of carbonyl (C=O) groups is 2. The van der Waals surface area contributed by atoms with Gasteiger partial charge in [-0.2, -0.15) is 0 Å². The Bertz CT molecular complexity index is 1240. The number of piperidine rings is 1. The van der Waals surface area contributed by atoms with Crippen molar-refractivity contribution in [3.05, 3.63) is 87.7 Å². The van der Waals surface area contributed by atoms with Crippen LogP contribution in [0.15, 0.2) is 48.7 Å². The summed E-state index contributed by atoms with van der Waals surface area (Å²) in [7, 11) is 1.70. The highest BCUT2D eigenvalue weighted by Gasteiger charge is 2.29. The first-order valence-electron chi connectivity index (χ1n) is 11.6. The third-order valence-corrected chi connectivity index (χ3v) is 6.49. The highest BCUT2D eigenvalue weighted by atomic mass is 35.5. The summed E-state index contributed by atoms with van der Waals surface area (Å²) in [6, 6.07) is 10.8. The molecule has 2 aromatic carbocycles. The molecule has 188 valence electrons. The van der Waals surface area contributed by atoms with E-state index in [1.165, 1.54) is 12.3 Å². The zero-order valence-corrected chi connectivity index (χ0v) is 20.5. The van der Waals surface area contributed by atoms with Gasteiger partial charge in [-0.05, 0) is 42.7 Å². The number of carbonyl (C=O) groups excluding carboxylic acids is 2. The minimum atomic E-state index is -0.729. The Balaban J connectivity index is 1.44. The third kappa shape index (κ3) is 5.96. The number of nitrogens with zero attached hydrogens (tertiary/aromatic N) is 3. The van der Waals surface area contributed by atoms with E-state index in [4.69, 9.17) is 11.6 Å². The summed E-state index contributed by atoms with van der Waals surface area (Å²) in [6.07, 6.45) is 2.28. The van der Waals surface area contributed by atoms with E-state index in [1.54, 1.807) is 24.1 Å². The largest absolute Gasteiger partial charge is 0.357 e. The first kappa shape index (κ1) is 25.5. The molecule has 0 unspecified atom stereocenters. The highest BCUT2D eigenvalue weighted by Crippen LogP contribution is 2.30. The second-order valence-electron chi connectivity index (χ2n) is 8.59. The molecule has 1 aliphatic rings. The number of amides is 2. The molecule has 4 rings (SSSR count). The van der Waals surface area contributed by atoms with Gasteiger partial charge in [-0.15, -0.1) is 0 Å². The van der Waals surface area contributed by atoms with Crippen LogP contribution in [-0.2, 0) is 17.8 Å². The molecule has 0 bridgehead atoms. The minimum absolute atomic E-state index is 0.0822. The monoisotopic (exact) mass is 513 g/mol. The first-order chi connectivity index (χ1) is 17.4. The number of aromatic nitrogens is 2. The number of halogens is 3. The number of benzene rings is 2. The molecule has 10 heteroatoms. The van der Waals surface area contributed by atoms with E-state index in [9.17, 15) is 18.4 Å². The number of nitrogens with one attached hydrogen (secondary N) is 2. The maximum Gasteiger partial charge on any atom is 0.254 e. The predicted molar refractivity (Wildman–Crippen MR) is 133 cm³/mol. The van der Waals surface area contributed by atoms with Gasteiger partial charge in [-0.25, -0.2) is 18.7 Å². The Hall–Kier alpha value is -3.59. The molecule has 1 saturated heterocycles. The third-order valence-electron chi connectivity index (χ3n) is 6.25. The summed E-state index contributed by atoms with van der Waals surface area (Å²) in [5.41, 5.74) is 1.61. The molecule has 36 heavy (non-hydrogen) atoms. The van der Waals surface area contributed by atoms with Crippen LogP contribution in [0.5, 0.6) is 0 Å². The highest BCUT2D eigenvalue weighted by molar-refractivity contribution is 6.30. The van der Waals surface area contributed by atoms with Crippen molar-refractivity contribution < 1.29 is 18.4 Å². The van der Waals surface area contributed by atoms with Crippen LogP contribution in [0.4, 0.5) is 14.7 Å². The molecule has 3 aromatic rings. The molecule has 0 atom stereocenters. The minimum Gasteiger partial charge on any atom is -0.357 e. The van der Waals surface area contributed by atoms with Gasteiger partial charge in [0, 0.05) is 49.4 Å². The first-order valence-corrected chi connectivity index (χ1v) is 12.0. The quantitative estimate of drug-likeness (QED) is 0.491. The maximum absolute atomic E-state index is 14.0. The molecule has 0 saturated carbocycles. The van der Waals surface area contributed by atoms with Crippen LogP contribution in [0, 0.1) is 11.6 Å². The summed E-state index contributed by atoms with van der Waals surface area (Å²) >= 11 is 6.03. The lowest BCUT2D eigenvalue weighted by Crippen LogP contribution is -2.39. The Kier molecular flexibility index (Phi) is 8.10. The van der Waals surface area contributed by atoms with E-state index in [2.05, 4.69) is 20.6 Å². The molecule has 1 fully saturated rings. The molecule has 0 spiro atoms. The van der Waals surface area contributed by atoms with Crippen LogP contribution in [0.1, 0.15) is 45.9 Å². The number of rotatable bonds is 7. The van der Waals surface area contributed by atoms with Gasteiger partial charge in [-0.1, -0.05) is 29.8 Å². The van der Waals surface area contributed by atoms with Gasteiger partial charge in [0.05, 0.1) is 17.7 Å². The number of anilines is 1. The van der Waals surface area contributed by atoms with E-state index in [0.29, 0.717) is 54.7 Å². The van der Waals surface area contributed by atoms with Gasteiger partial charge in [0.25, 0.3) is 5.91 Å². The van der Waals surface area contributed by atoms with Gasteiger partial charge in [0.15, 0.2) is 0 Å². The van der Waals surface area contributed by atoms with Crippen molar-refractivity contribution in [2.24, 2.45) is 0 Å². The molecule has 1 aromatic heterocycles. The number of hydrogen-bond acceptors (Lipinski definition) is 5. The maximum atomic E-state index is 14.0. The molecule has 2 heterocycles. The van der Waals surface area contributed by atoms with E-state index in [-0.39, 0.29) is 29.7 Å². The van der Waals surface area contributed by atoms with Crippen molar-refractivity contribution in [3.63, 3.8) is 0 Å². The molecule has 2 amide bonds. The fourth-order valence-corrected chi connectivity index (χ4v) is 4.51. The van der Waals surface area contributed by atoms with Crippen molar-refractivity contribution in [1.29, 1.82) is 0 Å². The Labute approximate surface area is 212 Å². The zero-order valence-electron chi connectivity index (χ0n) is 19.7. The SMILES string of the molecule is CNc1ncc(C(=O)NCc2cccc(Cl)c2)c(C2CCN(C(=O)Cc3c(F)cccc3F)CC2)n1. The van der Waals surface area contributed by atoms with Crippen LogP contribution in [0.3, 0.4) is 0 Å². The molecular formula is C26H26ClF2N5O2. The number of likely N-dealkylation sites (tertiary alicyclic amines) is 1. The normalized spacial score (nSPS) is 13.9. The van der Waals surface area contributed by atoms with Gasteiger partial charge in [-0.3, -0.25) is 9.59 Å². The lowest BCUT2D eigenvalue weighted by molar-refractivity contribution is -0.131. The van der Waals surface area contributed by atoms with Crippen LogP contribution in [0.25, 0.3) is 0 Å². The van der Waals surface area contributed by atoms with Crippen molar-refractivity contribution >= 4 is 29.4 Å². The molecule has 1 aliphatic heterocycles. The van der Waals surface area contributed by atoms with E-state index >= 15 is 0 Å². The van der Waals surface area contributed by atoms with Crippen LogP contribution < -0.4 is 10.6 Å². The average molecular weight is 514 g/mol. The summed E-state index contributed by atoms with van der Waals surface area (Å²) < 4.78 is 27.9. The summed E-state index contributed by atoms with van der Waals surface area (Å²) in [4.78, 5) is 36.1.